The van der Waals surface area contributed by atoms with Crippen LogP contribution in [0.5, 0.6) is 0 Å². The van der Waals surface area contributed by atoms with Crippen LogP contribution in [0.1, 0.15) is 54.4 Å². The second-order valence-corrected chi connectivity index (χ2v) is 11.3. The summed E-state index contributed by atoms with van der Waals surface area (Å²) in [5.74, 6) is 6.13. The van der Waals surface area contributed by atoms with E-state index < -0.39 is 0 Å². The van der Waals surface area contributed by atoms with Gasteiger partial charge in [-0.1, -0.05) is 90.2 Å². The summed E-state index contributed by atoms with van der Waals surface area (Å²) in [7, 11) is 0. The fraction of sp³-hybridized carbons (Fsp3) is 0.692. The van der Waals surface area contributed by atoms with E-state index in [1.165, 1.54) is 12.8 Å². The predicted octanol–water partition coefficient (Wildman–Crippen LogP) is 7.07. The molecule has 26 heavy (non-hydrogen) atoms. The maximum absolute atomic E-state index is 2.61. The molecule has 0 radical (unpaired) electrons. The Morgan fingerprint density at radius 1 is 0.654 bits per heavy atom. The SMILES string of the molecule is CC1C[C@@H](C(C)(C)C)CC1C(C)(C)C1C2C=CC=C[C@H]2[C@H]2C=CC=CC12. The molecule has 2 saturated carbocycles. The van der Waals surface area contributed by atoms with Crippen LogP contribution in [0, 0.1) is 58.2 Å². The molecule has 0 spiro atoms. The van der Waals surface area contributed by atoms with E-state index >= 15 is 0 Å². The molecular formula is C26H38. The molecule has 0 heteroatoms. The van der Waals surface area contributed by atoms with Crippen molar-refractivity contribution in [2.24, 2.45) is 58.2 Å². The Labute approximate surface area is 161 Å². The van der Waals surface area contributed by atoms with Crippen LogP contribution in [-0.4, -0.2) is 0 Å². The van der Waals surface area contributed by atoms with E-state index in [0.717, 1.165) is 23.7 Å². The molecule has 0 bridgehead atoms. The first-order chi connectivity index (χ1) is 12.2. The smallest absolute Gasteiger partial charge is 0.00954 e. The van der Waals surface area contributed by atoms with E-state index in [0.29, 0.717) is 34.5 Å². The molecule has 142 valence electrons. The third-order valence-electron chi connectivity index (χ3n) is 8.64. The van der Waals surface area contributed by atoms with Crippen molar-refractivity contribution in [3.63, 3.8) is 0 Å². The Bertz CT molecular complexity index is 616. The van der Waals surface area contributed by atoms with Gasteiger partial charge in [0, 0.05) is 0 Å². The number of hydrogen-bond acceptors (Lipinski definition) is 0. The van der Waals surface area contributed by atoms with Crippen LogP contribution in [0.4, 0.5) is 0 Å². The van der Waals surface area contributed by atoms with E-state index in [9.17, 15) is 0 Å². The van der Waals surface area contributed by atoms with Crippen molar-refractivity contribution in [1.29, 1.82) is 0 Å². The molecule has 5 unspecified atom stereocenters. The lowest BCUT2D eigenvalue weighted by atomic mass is 9.59. The number of allylic oxidation sites excluding steroid dienone is 8. The summed E-state index contributed by atoms with van der Waals surface area (Å²) in [6.45, 7) is 15.1. The van der Waals surface area contributed by atoms with Crippen LogP contribution < -0.4 is 0 Å². The van der Waals surface area contributed by atoms with Gasteiger partial charge in [-0.25, -0.2) is 0 Å². The van der Waals surface area contributed by atoms with Gasteiger partial charge in [-0.05, 0) is 71.0 Å². The second-order valence-electron chi connectivity index (χ2n) is 11.3. The maximum Gasteiger partial charge on any atom is -0.00954 e. The molecule has 8 atom stereocenters. The Hall–Kier alpha value is -1.04. The van der Waals surface area contributed by atoms with Crippen LogP contribution in [0.2, 0.25) is 0 Å². The Kier molecular flexibility index (Phi) is 4.41. The Morgan fingerprint density at radius 2 is 1.12 bits per heavy atom. The molecule has 2 fully saturated rings. The average Bonchev–Trinajstić information content (AvgIpc) is 3.13. The fourth-order valence-electron chi connectivity index (χ4n) is 7.26. The summed E-state index contributed by atoms with van der Waals surface area (Å²) in [6, 6.07) is 0. The van der Waals surface area contributed by atoms with E-state index in [4.69, 9.17) is 0 Å². The summed E-state index contributed by atoms with van der Waals surface area (Å²) in [5.41, 5.74) is 0.827. The van der Waals surface area contributed by atoms with Crippen molar-refractivity contribution in [1.82, 2.24) is 0 Å². The molecule has 4 aliphatic rings. The molecule has 0 aliphatic heterocycles. The highest BCUT2D eigenvalue weighted by molar-refractivity contribution is 5.29. The van der Waals surface area contributed by atoms with Crippen molar-refractivity contribution in [3.8, 4) is 0 Å². The minimum atomic E-state index is 0.382. The molecule has 0 heterocycles. The molecule has 0 amide bonds. The summed E-state index contributed by atoms with van der Waals surface area (Å²) < 4.78 is 0. The van der Waals surface area contributed by atoms with Gasteiger partial charge in [0.25, 0.3) is 0 Å². The van der Waals surface area contributed by atoms with Crippen LogP contribution >= 0.6 is 0 Å². The second kappa shape index (κ2) is 6.25. The van der Waals surface area contributed by atoms with Gasteiger partial charge >= 0.3 is 0 Å². The Morgan fingerprint density at radius 3 is 1.54 bits per heavy atom. The highest BCUT2D eigenvalue weighted by Crippen LogP contribution is 2.62. The lowest BCUT2D eigenvalue weighted by Crippen LogP contribution is -2.39. The van der Waals surface area contributed by atoms with Gasteiger partial charge in [0.05, 0.1) is 0 Å². The van der Waals surface area contributed by atoms with E-state index in [2.05, 4.69) is 90.2 Å². The first kappa shape index (κ1) is 18.3. The van der Waals surface area contributed by atoms with Gasteiger partial charge in [0.15, 0.2) is 0 Å². The van der Waals surface area contributed by atoms with Crippen molar-refractivity contribution in [2.75, 3.05) is 0 Å². The van der Waals surface area contributed by atoms with Crippen LogP contribution in [-0.2, 0) is 0 Å². The molecule has 0 aromatic carbocycles. The molecule has 0 saturated heterocycles. The summed E-state index contributed by atoms with van der Waals surface area (Å²) in [5, 5.41) is 0. The van der Waals surface area contributed by atoms with Crippen LogP contribution in [0.3, 0.4) is 0 Å². The van der Waals surface area contributed by atoms with Crippen LogP contribution in [0.15, 0.2) is 48.6 Å². The van der Waals surface area contributed by atoms with Gasteiger partial charge in [0.1, 0.15) is 0 Å². The maximum atomic E-state index is 2.61. The molecule has 0 N–H and O–H groups in total. The molecular weight excluding hydrogens is 312 g/mol. The largest absolute Gasteiger partial charge is 0.0805 e. The molecule has 0 nitrogen and oxygen atoms in total. The molecule has 0 aromatic heterocycles. The van der Waals surface area contributed by atoms with Gasteiger partial charge in [-0.3, -0.25) is 0 Å². The lowest BCUT2D eigenvalue weighted by Gasteiger charge is -2.45. The van der Waals surface area contributed by atoms with Gasteiger partial charge in [-0.15, -0.1) is 0 Å². The molecule has 0 aromatic rings. The zero-order valence-electron chi connectivity index (χ0n) is 17.7. The third kappa shape index (κ3) is 2.79. The number of fused-ring (bicyclic) bond motifs is 3. The number of hydrogen-bond donors (Lipinski definition) is 0. The average molecular weight is 351 g/mol. The summed E-state index contributed by atoms with van der Waals surface area (Å²) >= 11 is 0. The topological polar surface area (TPSA) is 0 Å². The Balaban J connectivity index is 1.66. The highest BCUT2D eigenvalue weighted by Gasteiger charge is 2.56. The minimum Gasteiger partial charge on any atom is -0.0805 e. The summed E-state index contributed by atoms with van der Waals surface area (Å²) in [6.07, 6.45) is 22.1. The van der Waals surface area contributed by atoms with Gasteiger partial charge in [-0.2, -0.15) is 0 Å². The normalized spacial score (nSPS) is 44.4. The summed E-state index contributed by atoms with van der Waals surface area (Å²) in [4.78, 5) is 0. The van der Waals surface area contributed by atoms with E-state index in [1.807, 2.05) is 0 Å². The van der Waals surface area contributed by atoms with E-state index in [-0.39, 0.29) is 0 Å². The first-order valence-electron chi connectivity index (χ1n) is 10.9. The fourth-order valence-corrected chi connectivity index (χ4v) is 7.26. The van der Waals surface area contributed by atoms with Crippen molar-refractivity contribution < 1.29 is 0 Å². The first-order valence-corrected chi connectivity index (χ1v) is 10.9. The molecule has 4 aliphatic carbocycles. The number of rotatable bonds is 2. The molecule has 4 rings (SSSR count). The predicted molar refractivity (Wildman–Crippen MR) is 113 cm³/mol. The van der Waals surface area contributed by atoms with Crippen LogP contribution in [0.25, 0.3) is 0 Å². The van der Waals surface area contributed by atoms with Crippen molar-refractivity contribution in [2.45, 2.75) is 54.4 Å². The lowest BCUT2D eigenvalue weighted by molar-refractivity contribution is 0.0498. The van der Waals surface area contributed by atoms with Crippen molar-refractivity contribution in [3.05, 3.63) is 48.6 Å². The zero-order chi connectivity index (χ0) is 18.7. The minimum absolute atomic E-state index is 0.382. The van der Waals surface area contributed by atoms with E-state index in [1.54, 1.807) is 0 Å². The zero-order valence-corrected chi connectivity index (χ0v) is 17.7. The van der Waals surface area contributed by atoms with Gasteiger partial charge < -0.3 is 0 Å². The highest BCUT2D eigenvalue weighted by atomic mass is 14.6. The monoisotopic (exact) mass is 350 g/mol. The standard InChI is InChI=1S/C26H38/c1-17-15-18(25(2,3)4)16-23(17)26(5,6)24-21-13-9-7-11-19(21)20-12-8-10-14-22(20)24/h7-14,17-24H,15-16H2,1-6H3/t17?,18-,19-,20+,21?,22?,23?,24?/m1/s1. The third-order valence-corrected chi connectivity index (χ3v) is 8.64. The van der Waals surface area contributed by atoms with Gasteiger partial charge in [0.2, 0.25) is 0 Å². The van der Waals surface area contributed by atoms with Crippen molar-refractivity contribution >= 4 is 0 Å². The quantitative estimate of drug-likeness (QED) is 0.499.